The fourth-order valence-corrected chi connectivity index (χ4v) is 3.75. The molecule has 2 aromatic carbocycles. The molecule has 0 aliphatic heterocycles. The van der Waals surface area contributed by atoms with Crippen LogP contribution in [0.3, 0.4) is 0 Å². The van der Waals surface area contributed by atoms with Gasteiger partial charge in [-0.15, -0.1) is 0 Å². The first-order valence-electron chi connectivity index (χ1n) is 8.69. The Morgan fingerprint density at radius 3 is 2.15 bits per heavy atom. The molecule has 0 amide bonds. The molecule has 0 spiro atoms. The van der Waals surface area contributed by atoms with E-state index < -0.39 is 7.60 Å². The summed E-state index contributed by atoms with van der Waals surface area (Å²) in [6, 6.07) is 12.3. The molecular formula is C19H23N2O5P. The van der Waals surface area contributed by atoms with Crippen LogP contribution in [0.25, 0.3) is 16.6 Å². The number of fused-ring (bicyclic) bond motifs is 1. The topological polar surface area (TPSA) is 93.8 Å². The summed E-state index contributed by atoms with van der Waals surface area (Å²) in [7, 11) is -4.68. The van der Waals surface area contributed by atoms with Crippen molar-refractivity contribution in [2.75, 3.05) is 0 Å². The summed E-state index contributed by atoms with van der Waals surface area (Å²) < 4.78 is 25.4. The van der Waals surface area contributed by atoms with E-state index in [4.69, 9.17) is 9.47 Å². The molecule has 1 heterocycles. The molecule has 27 heavy (non-hydrogen) atoms. The van der Waals surface area contributed by atoms with Gasteiger partial charge in [-0.05, 0) is 52.0 Å². The summed E-state index contributed by atoms with van der Waals surface area (Å²) >= 11 is 0. The number of ether oxygens (including phenoxy) is 2. The van der Waals surface area contributed by atoms with E-state index in [0.717, 1.165) is 0 Å². The van der Waals surface area contributed by atoms with Gasteiger partial charge in [0.25, 0.3) is 0 Å². The quantitative estimate of drug-likeness (QED) is 0.627. The SMILES string of the molecule is CC(C)Oc1ccc2nn(-c3ccccc3)c(P(=O)(O)O)c2c1OC(C)C. The molecule has 0 bridgehead atoms. The molecule has 0 unspecified atom stereocenters. The van der Waals surface area contributed by atoms with E-state index in [-0.39, 0.29) is 28.8 Å². The van der Waals surface area contributed by atoms with Crippen molar-refractivity contribution in [3.8, 4) is 17.2 Å². The van der Waals surface area contributed by atoms with E-state index in [0.29, 0.717) is 17.0 Å². The molecule has 0 saturated carbocycles. The standard InChI is InChI=1S/C19H23N2O5P/c1-12(2)25-16-11-10-15-17(18(16)26-13(3)4)19(27(22,23)24)21(20-15)14-8-6-5-7-9-14/h5-13H,1-4H3,(H2,22,23,24). The van der Waals surface area contributed by atoms with Crippen molar-refractivity contribution in [1.29, 1.82) is 0 Å². The summed E-state index contributed by atoms with van der Waals surface area (Å²) in [5.41, 5.74) is 0.756. The van der Waals surface area contributed by atoms with Gasteiger partial charge in [0, 0.05) is 0 Å². The third kappa shape index (κ3) is 4.00. The Hall–Kier alpha value is -2.34. The van der Waals surface area contributed by atoms with Crippen LogP contribution in [0.15, 0.2) is 42.5 Å². The molecule has 0 saturated heterocycles. The number of hydrogen-bond acceptors (Lipinski definition) is 4. The molecule has 0 fully saturated rings. The van der Waals surface area contributed by atoms with Crippen molar-refractivity contribution in [2.24, 2.45) is 0 Å². The van der Waals surface area contributed by atoms with Gasteiger partial charge in [0.05, 0.1) is 28.8 Å². The lowest BCUT2D eigenvalue weighted by atomic mass is 10.2. The Morgan fingerprint density at radius 2 is 1.59 bits per heavy atom. The minimum atomic E-state index is -4.68. The molecule has 3 rings (SSSR count). The summed E-state index contributed by atoms with van der Waals surface area (Å²) in [5, 5.41) is 4.69. The molecule has 3 aromatic rings. The van der Waals surface area contributed by atoms with Crippen molar-refractivity contribution in [3.63, 3.8) is 0 Å². The maximum absolute atomic E-state index is 12.4. The van der Waals surface area contributed by atoms with Crippen LogP contribution in [0.4, 0.5) is 0 Å². The fourth-order valence-electron chi connectivity index (χ4n) is 2.83. The highest BCUT2D eigenvalue weighted by Gasteiger charge is 2.32. The minimum Gasteiger partial charge on any atom is -0.487 e. The van der Waals surface area contributed by atoms with Gasteiger partial charge in [0.2, 0.25) is 0 Å². The maximum atomic E-state index is 12.4. The van der Waals surface area contributed by atoms with E-state index in [2.05, 4.69) is 5.10 Å². The first kappa shape index (κ1) is 19.4. The normalized spacial score (nSPS) is 12.1. The average molecular weight is 390 g/mol. The molecule has 0 aliphatic rings. The molecule has 1 aromatic heterocycles. The third-order valence-electron chi connectivity index (χ3n) is 3.72. The van der Waals surface area contributed by atoms with Crippen molar-refractivity contribution in [1.82, 2.24) is 9.78 Å². The first-order valence-corrected chi connectivity index (χ1v) is 10.3. The largest absolute Gasteiger partial charge is 0.487 e. The molecule has 0 aliphatic carbocycles. The lowest BCUT2D eigenvalue weighted by molar-refractivity contribution is 0.201. The van der Waals surface area contributed by atoms with E-state index >= 15 is 0 Å². The van der Waals surface area contributed by atoms with E-state index in [1.165, 1.54) is 4.68 Å². The fraction of sp³-hybridized carbons (Fsp3) is 0.316. The van der Waals surface area contributed by atoms with Crippen LogP contribution < -0.4 is 14.9 Å². The van der Waals surface area contributed by atoms with Gasteiger partial charge in [-0.1, -0.05) is 18.2 Å². The van der Waals surface area contributed by atoms with Crippen LogP contribution in [0, 0.1) is 0 Å². The van der Waals surface area contributed by atoms with Crippen LogP contribution >= 0.6 is 7.60 Å². The molecule has 8 heteroatoms. The summed E-state index contributed by atoms with van der Waals surface area (Å²) in [5.74, 6) is 0.713. The Kier molecular flexibility index (Phi) is 5.29. The zero-order valence-electron chi connectivity index (χ0n) is 15.7. The van der Waals surface area contributed by atoms with Crippen LogP contribution in [0.2, 0.25) is 0 Å². The molecule has 0 radical (unpaired) electrons. The second-order valence-corrected chi connectivity index (χ2v) is 8.25. The van der Waals surface area contributed by atoms with Gasteiger partial charge in [-0.25, -0.2) is 4.68 Å². The average Bonchev–Trinajstić information content (AvgIpc) is 2.97. The minimum absolute atomic E-state index is 0.125. The van der Waals surface area contributed by atoms with Gasteiger partial charge >= 0.3 is 7.60 Å². The zero-order chi connectivity index (χ0) is 19.8. The Balaban J connectivity index is 2.39. The van der Waals surface area contributed by atoms with Crippen molar-refractivity contribution < 1.29 is 23.8 Å². The highest BCUT2D eigenvalue weighted by atomic mass is 31.2. The number of para-hydroxylation sites is 1. The van der Waals surface area contributed by atoms with Gasteiger partial charge in [0.15, 0.2) is 16.9 Å². The van der Waals surface area contributed by atoms with Crippen LogP contribution in [-0.4, -0.2) is 31.8 Å². The van der Waals surface area contributed by atoms with Gasteiger partial charge in [-0.2, -0.15) is 5.10 Å². The highest BCUT2D eigenvalue weighted by Crippen LogP contribution is 2.44. The predicted octanol–water partition coefficient (Wildman–Crippen LogP) is 3.40. The molecule has 0 atom stereocenters. The van der Waals surface area contributed by atoms with Crippen molar-refractivity contribution >= 4 is 23.9 Å². The van der Waals surface area contributed by atoms with Crippen LogP contribution in [-0.2, 0) is 4.57 Å². The van der Waals surface area contributed by atoms with Gasteiger partial charge < -0.3 is 19.3 Å². The molecule has 144 valence electrons. The van der Waals surface area contributed by atoms with Crippen molar-refractivity contribution in [3.05, 3.63) is 42.5 Å². The number of benzene rings is 2. The van der Waals surface area contributed by atoms with E-state index in [1.54, 1.807) is 36.4 Å². The van der Waals surface area contributed by atoms with E-state index in [9.17, 15) is 14.4 Å². The number of nitrogens with zero attached hydrogens (tertiary/aromatic N) is 2. The molecule has 2 N–H and O–H groups in total. The second-order valence-electron chi connectivity index (χ2n) is 6.74. The zero-order valence-corrected chi connectivity index (χ0v) is 16.6. The third-order valence-corrected chi connectivity index (χ3v) is 4.69. The number of aromatic nitrogens is 2. The summed E-state index contributed by atoms with van der Waals surface area (Å²) in [4.78, 5) is 20.2. The second kappa shape index (κ2) is 7.35. The van der Waals surface area contributed by atoms with Crippen LogP contribution in [0.1, 0.15) is 27.7 Å². The Bertz CT molecular complexity index is 992. The van der Waals surface area contributed by atoms with E-state index in [1.807, 2.05) is 33.8 Å². The van der Waals surface area contributed by atoms with Gasteiger partial charge in [-0.3, -0.25) is 4.57 Å². The lowest BCUT2D eigenvalue weighted by Gasteiger charge is -2.18. The molecular weight excluding hydrogens is 367 g/mol. The summed E-state index contributed by atoms with van der Waals surface area (Å²) in [6.45, 7) is 7.44. The number of hydrogen-bond donors (Lipinski definition) is 2. The maximum Gasteiger partial charge on any atom is 0.375 e. The predicted molar refractivity (Wildman–Crippen MR) is 104 cm³/mol. The first-order chi connectivity index (χ1) is 12.7. The van der Waals surface area contributed by atoms with Gasteiger partial charge in [0.1, 0.15) is 0 Å². The monoisotopic (exact) mass is 390 g/mol. The van der Waals surface area contributed by atoms with Crippen molar-refractivity contribution in [2.45, 2.75) is 39.9 Å². The number of rotatable bonds is 6. The van der Waals surface area contributed by atoms with Crippen LogP contribution in [0.5, 0.6) is 11.5 Å². The lowest BCUT2D eigenvalue weighted by Crippen LogP contribution is -2.18. The molecule has 7 nitrogen and oxygen atoms in total. The summed E-state index contributed by atoms with van der Waals surface area (Å²) in [6.07, 6.45) is -0.338. The smallest absolute Gasteiger partial charge is 0.375 e. The highest BCUT2D eigenvalue weighted by molar-refractivity contribution is 7.60. The Morgan fingerprint density at radius 1 is 0.963 bits per heavy atom. The Labute approximate surface area is 157 Å².